The Labute approximate surface area is 80.3 Å². The molecule has 0 aromatic carbocycles. The number of fused-ring (bicyclic) bond motifs is 2. The second-order valence-electron chi connectivity index (χ2n) is 3.39. The molecule has 2 unspecified atom stereocenters. The zero-order valence-electron chi connectivity index (χ0n) is 7.10. The molecule has 2 fully saturated rings. The molecule has 1 amide bonds. The number of carbonyl (C=O) groups excluding carboxylic acids is 1. The third-order valence-corrected chi connectivity index (χ3v) is 3.92. The number of rotatable bonds is 3. The van der Waals surface area contributed by atoms with Crippen molar-refractivity contribution in [2.45, 2.75) is 24.1 Å². The Balaban J connectivity index is 1.93. The zero-order valence-corrected chi connectivity index (χ0v) is 7.92. The van der Waals surface area contributed by atoms with Crippen molar-refractivity contribution in [3.8, 4) is 0 Å². The minimum absolute atomic E-state index is 0.0691. The van der Waals surface area contributed by atoms with Crippen LogP contribution in [0.15, 0.2) is 0 Å². The number of carboxylic acids is 1. The van der Waals surface area contributed by atoms with Gasteiger partial charge in [-0.15, -0.1) is 11.8 Å². The average molecular weight is 201 g/mol. The molecule has 0 aliphatic carbocycles. The van der Waals surface area contributed by atoms with Crippen LogP contribution in [0.4, 0.5) is 0 Å². The predicted molar refractivity (Wildman–Crippen MR) is 48.6 cm³/mol. The van der Waals surface area contributed by atoms with Crippen LogP contribution in [0.2, 0.25) is 0 Å². The molecule has 2 aliphatic rings. The highest BCUT2D eigenvalue weighted by Gasteiger charge is 2.44. The first-order chi connectivity index (χ1) is 6.18. The number of amides is 1. The highest BCUT2D eigenvalue weighted by molar-refractivity contribution is 8.01. The SMILES string of the molecule is O=C(O)CCN1C(=O)C2CC1CS2. The van der Waals surface area contributed by atoms with Gasteiger partial charge in [0.2, 0.25) is 5.91 Å². The van der Waals surface area contributed by atoms with Gasteiger partial charge in [-0.2, -0.15) is 0 Å². The smallest absolute Gasteiger partial charge is 0.305 e. The summed E-state index contributed by atoms with van der Waals surface area (Å²) in [6.45, 7) is 0.385. The first-order valence-electron chi connectivity index (χ1n) is 4.32. The van der Waals surface area contributed by atoms with E-state index in [0.29, 0.717) is 12.6 Å². The van der Waals surface area contributed by atoms with E-state index in [1.807, 2.05) is 0 Å². The number of likely N-dealkylation sites (tertiary alicyclic amines) is 1. The largest absolute Gasteiger partial charge is 0.481 e. The van der Waals surface area contributed by atoms with Gasteiger partial charge in [0.1, 0.15) is 0 Å². The summed E-state index contributed by atoms with van der Waals surface area (Å²) in [5.74, 6) is 0.293. The highest BCUT2D eigenvalue weighted by atomic mass is 32.2. The maximum atomic E-state index is 11.5. The maximum absolute atomic E-state index is 11.5. The van der Waals surface area contributed by atoms with Crippen LogP contribution in [-0.2, 0) is 9.59 Å². The number of thioether (sulfide) groups is 1. The number of carbonyl (C=O) groups is 2. The molecule has 0 aromatic heterocycles. The summed E-state index contributed by atoms with van der Waals surface area (Å²) in [6, 6.07) is 0.307. The Bertz CT molecular complexity index is 256. The molecule has 0 aromatic rings. The number of carboxylic acid groups (broad SMARTS) is 1. The summed E-state index contributed by atoms with van der Waals surface area (Å²) < 4.78 is 0. The molecule has 0 radical (unpaired) electrons. The van der Waals surface area contributed by atoms with E-state index in [-0.39, 0.29) is 17.6 Å². The Hall–Kier alpha value is -0.710. The lowest BCUT2D eigenvalue weighted by Crippen LogP contribution is -2.39. The first kappa shape index (κ1) is 8.87. The quantitative estimate of drug-likeness (QED) is 0.707. The second-order valence-corrected chi connectivity index (χ2v) is 4.62. The van der Waals surface area contributed by atoms with Gasteiger partial charge in [-0.25, -0.2) is 0 Å². The van der Waals surface area contributed by atoms with Crippen LogP contribution in [-0.4, -0.2) is 45.5 Å². The fourth-order valence-electron chi connectivity index (χ4n) is 1.87. The van der Waals surface area contributed by atoms with E-state index >= 15 is 0 Å². The summed E-state index contributed by atoms with van der Waals surface area (Å²) in [5.41, 5.74) is 0. The lowest BCUT2D eigenvalue weighted by atomic mass is 10.2. The van der Waals surface area contributed by atoms with E-state index in [1.165, 1.54) is 0 Å². The van der Waals surface area contributed by atoms with E-state index in [2.05, 4.69) is 0 Å². The lowest BCUT2D eigenvalue weighted by Gasteiger charge is -2.25. The topological polar surface area (TPSA) is 57.6 Å². The summed E-state index contributed by atoms with van der Waals surface area (Å²) >= 11 is 1.70. The van der Waals surface area contributed by atoms with E-state index in [4.69, 9.17) is 5.11 Å². The Morgan fingerprint density at radius 1 is 1.69 bits per heavy atom. The van der Waals surface area contributed by atoms with Gasteiger partial charge in [0.05, 0.1) is 11.7 Å². The molecular weight excluding hydrogens is 190 g/mol. The number of nitrogens with zero attached hydrogens (tertiary/aromatic N) is 1. The van der Waals surface area contributed by atoms with Crippen molar-refractivity contribution in [2.75, 3.05) is 12.3 Å². The lowest BCUT2D eigenvalue weighted by molar-refractivity contribution is -0.138. The number of hydrogen-bond donors (Lipinski definition) is 1. The summed E-state index contributed by atoms with van der Waals surface area (Å²) in [6.07, 6.45) is 0.989. The zero-order chi connectivity index (χ0) is 9.42. The van der Waals surface area contributed by atoms with Crippen LogP contribution in [0.3, 0.4) is 0 Å². The summed E-state index contributed by atoms with van der Waals surface area (Å²) in [5, 5.41) is 8.61. The van der Waals surface area contributed by atoms with Crippen LogP contribution in [0.25, 0.3) is 0 Å². The first-order valence-corrected chi connectivity index (χ1v) is 5.37. The molecule has 2 rings (SSSR count). The molecule has 5 heteroatoms. The fraction of sp³-hybridized carbons (Fsp3) is 0.750. The monoisotopic (exact) mass is 201 g/mol. The van der Waals surface area contributed by atoms with Gasteiger partial charge in [0, 0.05) is 18.3 Å². The fourth-order valence-corrected chi connectivity index (χ4v) is 3.28. The van der Waals surface area contributed by atoms with Crippen LogP contribution < -0.4 is 0 Å². The van der Waals surface area contributed by atoms with Crippen LogP contribution >= 0.6 is 11.8 Å². The third kappa shape index (κ3) is 1.52. The van der Waals surface area contributed by atoms with E-state index < -0.39 is 5.97 Å². The maximum Gasteiger partial charge on any atom is 0.305 e. The molecule has 0 spiro atoms. The Kier molecular flexibility index (Phi) is 2.19. The van der Waals surface area contributed by atoms with Gasteiger partial charge in [0.15, 0.2) is 0 Å². The van der Waals surface area contributed by atoms with Crippen molar-refractivity contribution in [1.29, 1.82) is 0 Å². The Morgan fingerprint density at radius 3 is 3.00 bits per heavy atom. The molecule has 2 atom stereocenters. The molecule has 0 saturated carbocycles. The van der Waals surface area contributed by atoms with Crippen molar-refractivity contribution >= 4 is 23.6 Å². The van der Waals surface area contributed by atoms with Gasteiger partial charge in [-0.05, 0) is 6.42 Å². The van der Waals surface area contributed by atoms with Crippen LogP contribution in [0.1, 0.15) is 12.8 Å². The van der Waals surface area contributed by atoms with Crippen molar-refractivity contribution in [3.63, 3.8) is 0 Å². The van der Waals surface area contributed by atoms with Crippen molar-refractivity contribution < 1.29 is 14.7 Å². The van der Waals surface area contributed by atoms with Crippen LogP contribution in [0, 0.1) is 0 Å². The minimum Gasteiger partial charge on any atom is -0.481 e. The molecule has 4 nitrogen and oxygen atoms in total. The molecule has 1 N–H and O–H groups in total. The normalized spacial score (nSPS) is 31.4. The van der Waals surface area contributed by atoms with Gasteiger partial charge < -0.3 is 10.0 Å². The minimum atomic E-state index is -0.830. The Morgan fingerprint density at radius 2 is 2.46 bits per heavy atom. The summed E-state index contributed by atoms with van der Waals surface area (Å²) in [7, 11) is 0. The standard InChI is InChI=1S/C8H11NO3S/c10-7(11)1-2-9-5-3-6(8(9)12)13-4-5/h5-6H,1-4H2,(H,10,11). The average Bonchev–Trinajstić information content (AvgIpc) is 2.61. The second kappa shape index (κ2) is 3.21. The molecule has 13 heavy (non-hydrogen) atoms. The highest BCUT2D eigenvalue weighted by Crippen LogP contribution is 2.38. The number of hydrogen-bond acceptors (Lipinski definition) is 3. The van der Waals surface area contributed by atoms with Crippen molar-refractivity contribution in [2.24, 2.45) is 0 Å². The van der Waals surface area contributed by atoms with Gasteiger partial charge in [-0.3, -0.25) is 9.59 Å². The molecular formula is C8H11NO3S. The number of aliphatic carboxylic acids is 1. The molecule has 2 heterocycles. The van der Waals surface area contributed by atoms with E-state index in [0.717, 1.165) is 12.2 Å². The predicted octanol–water partition coefficient (Wildman–Crippen LogP) is 0.177. The molecule has 72 valence electrons. The van der Waals surface area contributed by atoms with E-state index in [1.54, 1.807) is 16.7 Å². The van der Waals surface area contributed by atoms with Gasteiger partial charge >= 0.3 is 5.97 Å². The van der Waals surface area contributed by atoms with Crippen molar-refractivity contribution in [3.05, 3.63) is 0 Å². The van der Waals surface area contributed by atoms with Crippen molar-refractivity contribution in [1.82, 2.24) is 4.90 Å². The van der Waals surface area contributed by atoms with E-state index in [9.17, 15) is 9.59 Å². The third-order valence-electron chi connectivity index (χ3n) is 2.54. The van der Waals surface area contributed by atoms with Crippen LogP contribution in [0.5, 0.6) is 0 Å². The summed E-state index contributed by atoms with van der Waals surface area (Å²) in [4.78, 5) is 23.5. The van der Waals surface area contributed by atoms with Gasteiger partial charge in [0.25, 0.3) is 0 Å². The molecule has 2 saturated heterocycles. The molecule has 2 aliphatic heterocycles. The molecule has 2 bridgehead atoms. The van der Waals surface area contributed by atoms with Gasteiger partial charge in [-0.1, -0.05) is 0 Å².